The molecule has 0 saturated carbocycles. The summed E-state index contributed by atoms with van der Waals surface area (Å²) in [6.45, 7) is 2.09. The van der Waals surface area contributed by atoms with Crippen LogP contribution in [0.3, 0.4) is 0 Å². The third-order valence-electron chi connectivity index (χ3n) is 3.67. The molecular weight excluding hydrogens is 271 g/mol. The summed E-state index contributed by atoms with van der Waals surface area (Å²) >= 11 is 0. The van der Waals surface area contributed by atoms with Crippen LogP contribution in [0.2, 0.25) is 0 Å². The maximum Gasteiger partial charge on any atom is 0.231 e. The molecule has 0 spiro atoms. The molecule has 1 aromatic heterocycles. The molecule has 1 aliphatic rings. The number of nitriles is 1. The normalized spacial score (nSPS) is 19.3. The third-order valence-corrected chi connectivity index (χ3v) is 3.67. The number of aromatic nitrogens is 2. The van der Waals surface area contributed by atoms with Gasteiger partial charge in [0.15, 0.2) is 0 Å². The molecule has 0 radical (unpaired) electrons. The summed E-state index contributed by atoms with van der Waals surface area (Å²) in [6.07, 6.45) is 1.97. The average molecular weight is 286 g/mol. The van der Waals surface area contributed by atoms with Gasteiger partial charge in [-0.15, -0.1) is 0 Å². The highest BCUT2D eigenvalue weighted by molar-refractivity contribution is 5.53. The van der Waals surface area contributed by atoms with Crippen LogP contribution < -0.4 is 0 Å². The van der Waals surface area contributed by atoms with Crippen LogP contribution in [-0.2, 0) is 0 Å². The van der Waals surface area contributed by atoms with E-state index >= 15 is 0 Å². The van der Waals surface area contributed by atoms with Crippen molar-refractivity contribution in [3.8, 4) is 17.5 Å². The van der Waals surface area contributed by atoms with Crippen molar-refractivity contribution in [2.24, 2.45) is 0 Å². The van der Waals surface area contributed by atoms with Gasteiger partial charge in [-0.2, -0.15) is 10.2 Å². The first-order chi connectivity index (χ1) is 10.3. The summed E-state index contributed by atoms with van der Waals surface area (Å²) in [5.74, 6) is 0.789. The standard InChI is InChI=1S/C15H15FN4O/c16-13-5-1-3-11(9-13)14-18-15(21-19-14)12-4-2-7-20(10-12)8-6-17/h1,3,5,9,12H,2,4,7-8,10H2/t12-/m0/s1. The van der Waals surface area contributed by atoms with Crippen molar-refractivity contribution in [1.29, 1.82) is 5.26 Å². The molecule has 1 aliphatic heterocycles. The van der Waals surface area contributed by atoms with Crippen LogP contribution >= 0.6 is 0 Å². The van der Waals surface area contributed by atoms with E-state index in [1.165, 1.54) is 12.1 Å². The lowest BCUT2D eigenvalue weighted by Crippen LogP contribution is -2.34. The van der Waals surface area contributed by atoms with Gasteiger partial charge < -0.3 is 4.52 Å². The number of hydrogen-bond acceptors (Lipinski definition) is 5. The lowest BCUT2D eigenvalue weighted by molar-refractivity contribution is 0.204. The maximum atomic E-state index is 13.2. The largest absolute Gasteiger partial charge is 0.339 e. The fraction of sp³-hybridized carbons (Fsp3) is 0.400. The van der Waals surface area contributed by atoms with Crippen molar-refractivity contribution >= 4 is 0 Å². The second kappa shape index (κ2) is 6.02. The molecular formula is C15H15FN4O. The van der Waals surface area contributed by atoms with E-state index in [0.29, 0.717) is 23.8 Å². The van der Waals surface area contributed by atoms with Gasteiger partial charge in [0.05, 0.1) is 18.5 Å². The molecule has 21 heavy (non-hydrogen) atoms. The van der Waals surface area contributed by atoms with Crippen LogP contribution in [0.25, 0.3) is 11.4 Å². The topological polar surface area (TPSA) is 66.0 Å². The van der Waals surface area contributed by atoms with E-state index < -0.39 is 0 Å². The van der Waals surface area contributed by atoms with Crippen molar-refractivity contribution in [2.75, 3.05) is 19.6 Å². The summed E-state index contributed by atoms with van der Waals surface area (Å²) in [6, 6.07) is 8.30. The van der Waals surface area contributed by atoms with E-state index in [9.17, 15) is 4.39 Å². The molecule has 5 nitrogen and oxygen atoms in total. The predicted molar refractivity (Wildman–Crippen MR) is 73.7 cm³/mol. The van der Waals surface area contributed by atoms with Crippen LogP contribution in [0.15, 0.2) is 28.8 Å². The molecule has 0 N–H and O–H groups in total. The Morgan fingerprint density at radius 3 is 3.19 bits per heavy atom. The highest BCUT2D eigenvalue weighted by Gasteiger charge is 2.26. The van der Waals surface area contributed by atoms with Gasteiger partial charge in [0, 0.05) is 12.1 Å². The fourth-order valence-electron chi connectivity index (χ4n) is 2.65. The lowest BCUT2D eigenvalue weighted by Gasteiger charge is -2.28. The molecule has 2 heterocycles. The second-order valence-corrected chi connectivity index (χ2v) is 5.20. The molecule has 1 saturated heterocycles. The molecule has 0 aliphatic carbocycles. The van der Waals surface area contributed by atoms with Crippen molar-refractivity contribution in [3.05, 3.63) is 36.0 Å². The van der Waals surface area contributed by atoms with Crippen molar-refractivity contribution < 1.29 is 8.91 Å². The Kier molecular flexibility index (Phi) is 3.93. The zero-order valence-electron chi connectivity index (χ0n) is 11.5. The number of likely N-dealkylation sites (tertiary alicyclic amines) is 1. The van der Waals surface area contributed by atoms with Crippen LogP contribution in [0.5, 0.6) is 0 Å². The Labute approximate surface area is 122 Å². The van der Waals surface area contributed by atoms with E-state index in [0.717, 1.165) is 25.9 Å². The Morgan fingerprint density at radius 1 is 1.48 bits per heavy atom. The maximum absolute atomic E-state index is 13.2. The smallest absolute Gasteiger partial charge is 0.231 e. The van der Waals surface area contributed by atoms with Crippen LogP contribution in [0.1, 0.15) is 24.7 Å². The van der Waals surface area contributed by atoms with Crippen molar-refractivity contribution in [3.63, 3.8) is 0 Å². The molecule has 0 bridgehead atoms. The number of hydrogen-bond donors (Lipinski definition) is 0. The lowest BCUT2D eigenvalue weighted by atomic mass is 9.98. The van der Waals surface area contributed by atoms with E-state index in [4.69, 9.17) is 9.78 Å². The summed E-state index contributed by atoms with van der Waals surface area (Å²) in [5, 5.41) is 12.7. The second-order valence-electron chi connectivity index (χ2n) is 5.20. The van der Waals surface area contributed by atoms with Crippen LogP contribution in [0.4, 0.5) is 4.39 Å². The minimum absolute atomic E-state index is 0.141. The number of benzene rings is 1. The number of nitrogens with zero attached hydrogens (tertiary/aromatic N) is 4. The van der Waals surface area contributed by atoms with Crippen LogP contribution in [-0.4, -0.2) is 34.7 Å². The number of piperidine rings is 1. The minimum Gasteiger partial charge on any atom is -0.339 e. The first-order valence-corrected chi connectivity index (χ1v) is 6.95. The minimum atomic E-state index is -0.322. The molecule has 6 heteroatoms. The summed E-state index contributed by atoms with van der Waals surface area (Å²) in [4.78, 5) is 6.47. The van der Waals surface area contributed by atoms with Gasteiger partial charge >= 0.3 is 0 Å². The predicted octanol–water partition coefficient (Wildman–Crippen LogP) is 2.58. The molecule has 3 rings (SSSR count). The van der Waals surface area contributed by atoms with Gasteiger partial charge in [-0.25, -0.2) is 4.39 Å². The highest BCUT2D eigenvalue weighted by atomic mass is 19.1. The Bertz CT molecular complexity index is 664. The average Bonchev–Trinajstić information content (AvgIpc) is 2.98. The molecule has 0 amide bonds. The monoisotopic (exact) mass is 286 g/mol. The van der Waals surface area contributed by atoms with Gasteiger partial charge in [-0.1, -0.05) is 17.3 Å². The summed E-state index contributed by atoms with van der Waals surface area (Å²) in [5.41, 5.74) is 0.606. The van der Waals surface area contributed by atoms with E-state index in [2.05, 4.69) is 21.1 Å². The molecule has 1 atom stereocenters. The summed E-state index contributed by atoms with van der Waals surface area (Å²) < 4.78 is 18.6. The third kappa shape index (κ3) is 3.09. The Morgan fingerprint density at radius 2 is 2.38 bits per heavy atom. The first-order valence-electron chi connectivity index (χ1n) is 6.95. The van der Waals surface area contributed by atoms with Crippen LogP contribution in [0, 0.1) is 17.1 Å². The zero-order valence-corrected chi connectivity index (χ0v) is 11.5. The SMILES string of the molecule is N#CCN1CCC[C@H](c2nc(-c3cccc(F)c3)no2)C1. The molecule has 108 valence electrons. The van der Waals surface area contributed by atoms with Gasteiger partial charge in [0.25, 0.3) is 0 Å². The number of halogens is 1. The summed E-state index contributed by atoms with van der Waals surface area (Å²) in [7, 11) is 0. The van der Waals surface area contributed by atoms with Crippen molar-refractivity contribution in [2.45, 2.75) is 18.8 Å². The van der Waals surface area contributed by atoms with Gasteiger partial charge in [0.2, 0.25) is 11.7 Å². The van der Waals surface area contributed by atoms with E-state index in [-0.39, 0.29) is 11.7 Å². The molecule has 1 fully saturated rings. The molecule has 0 unspecified atom stereocenters. The number of rotatable bonds is 3. The molecule has 1 aromatic carbocycles. The fourth-order valence-corrected chi connectivity index (χ4v) is 2.65. The van der Waals surface area contributed by atoms with E-state index in [1.807, 2.05) is 0 Å². The van der Waals surface area contributed by atoms with Gasteiger partial charge in [0.1, 0.15) is 5.82 Å². The van der Waals surface area contributed by atoms with Gasteiger partial charge in [-0.3, -0.25) is 4.90 Å². The quantitative estimate of drug-likeness (QED) is 0.811. The Hall–Kier alpha value is -2.26. The highest BCUT2D eigenvalue weighted by Crippen LogP contribution is 2.27. The van der Waals surface area contributed by atoms with Crippen molar-refractivity contribution in [1.82, 2.24) is 15.0 Å². The van der Waals surface area contributed by atoms with Gasteiger partial charge in [-0.05, 0) is 31.5 Å². The van der Waals surface area contributed by atoms with E-state index in [1.54, 1.807) is 12.1 Å². The zero-order chi connectivity index (χ0) is 14.7. The Balaban J connectivity index is 1.77. The molecule has 2 aromatic rings. The first kappa shape index (κ1) is 13.7.